The molecule has 90 valence electrons. The quantitative estimate of drug-likeness (QED) is 0.876. The van der Waals surface area contributed by atoms with Crippen LogP contribution in [0.5, 0.6) is 0 Å². The third-order valence-corrected chi connectivity index (χ3v) is 2.93. The highest BCUT2D eigenvalue weighted by atomic mass is 15.3. The van der Waals surface area contributed by atoms with E-state index in [1.54, 1.807) is 0 Å². The molecule has 1 aromatic heterocycles. The van der Waals surface area contributed by atoms with Crippen LogP contribution < -0.4 is 5.32 Å². The molecule has 3 nitrogen and oxygen atoms in total. The van der Waals surface area contributed by atoms with Crippen LogP contribution in [0.3, 0.4) is 0 Å². The lowest BCUT2D eigenvalue weighted by Crippen LogP contribution is -2.07. The molecule has 0 aliphatic carbocycles. The molecular formula is C14H19N3. The molecule has 1 heterocycles. The van der Waals surface area contributed by atoms with E-state index >= 15 is 0 Å². The summed E-state index contributed by atoms with van der Waals surface area (Å²) in [5.74, 6) is 0. The van der Waals surface area contributed by atoms with E-state index in [1.165, 1.54) is 22.3 Å². The fraction of sp³-hybridized carbons (Fsp3) is 0.357. The van der Waals surface area contributed by atoms with E-state index < -0.39 is 0 Å². The zero-order valence-electron chi connectivity index (χ0n) is 10.9. The van der Waals surface area contributed by atoms with E-state index in [0.29, 0.717) is 0 Å². The lowest BCUT2D eigenvalue weighted by Gasteiger charge is -2.07. The Labute approximate surface area is 102 Å². The van der Waals surface area contributed by atoms with Crippen molar-refractivity contribution >= 4 is 0 Å². The van der Waals surface area contributed by atoms with Crippen molar-refractivity contribution < 1.29 is 0 Å². The van der Waals surface area contributed by atoms with Gasteiger partial charge in [-0.2, -0.15) is 5.10 Å². The van der Waals surface area contributed by atoms with Gasteiger partial charge >= 0.3 is 0 Å². The highest BCUT2D eigenvalue weighted by Crippen LogP contribution is 2.27. The van der Waals surface area contributed by atoms with Gasteiger partial charge in [-0.1, -0.05) is 23.8 Å². The van der Waals surface area contributed by atoms with Gasteiger partial charge in [0.25, 0.3) is 0 Å². The second kappa shape index (κ2) is 4.72. The van der Waals surface area contributed by atoms with Gasteiger partial charge in [-0.25, -0.2) is 0 Å². The monoisotopic (exact) mass is 229 g/mol. The maximum Gasteiger partial charge on any atom is 0.0840 e. The molecule has 0 aliphatic heterocycles. The Morgan fingerprint density at radius 1 is 1.24 bits per heavy atom. The molecule has 17 heavy (non-hydrogen) atoms. The maximum absolute atomic E-state index is 4.50. The molecular weight excluding hydrogens is 210 g/mol. The molecule has 0 fully saturated rings. The number of rotatable bonds is 3. The number of hydrogen-bond donors (Lipinski definition) is 1. The lowest BCUT2D eigenvalue weighted by molar-refractivity contribution is 0.712. The molecule has 0 unspecified atom stereocenters. The minimum Gasteiger partial charge on any atom is -0.314 e. The highest BCUT2D eigenvalue weighted by Gasteiger charge is 2.11. The summed E-state index contributed by atoms with van der Waals surface area (Å²) in [5, 5.41) is 7.67. The molecule has 0 spiro atoms. The smallest absolute Gasteiger partial charge is 0.0840 e. The topological polar surface area (TPSA) is 29.9 Å². The summed E-state index contributed by atoms with van der Waals surface area (Å²) in [4.78, 5) is 0. The summed E-state index contributed by atoms with van der Waals surface area (Å²) in [6.45, 7) is 5.06. The maximum atomic E-state index is 4.50. The minimum absolute atomic E-state index is 0.795. The number of aromatic nitrogens is 2. The summed E-state index contributed by atoms with van der Waals surface area (Å²) >= 11 is 0. The zero-order valence-corrected chi connectivity index (χ0v) is 10.9. The summed E-state index contributed by atoms with van der Waals surface area (Å²) in [5.41, 5.74) is 6.18. The Morgan fingerprint density at radius 2 is 2.00 bits per heavy atom. The van der Waals surface area contributed by atoms with E-state index in [9.17, 15) is 0 Å². The van der Waals surface area contributed by atoms with Crippen LogP contribution in [0.2, 0.25) is 0 Å². The predicted octanol–water partition coefficient (Wildman–Crippen LogP) is 2.42. The number of nitrogens with zero attached hydrogens (tertiary/aromatic N) is 2. The fourth-order valence-electron chi connectivity index (χ4n) is 2.08. The molecule has 2 aromatic rings. The first-order valence-electron chi connectivity index (χ1n) is 5.86. The van der Waals surface area contributed by atoms with Gasteiger partial charge in [0.15, 0.2) is 0 Å². The Bertz CT molecular complexity index is 526. The van der Waals surface area contributed by atoms with Crippen molar-refractivity contribution in [2.75, 3.05) is 7.05 Å². The van der Waals surface area contributed by atoms with E-state index in [0.717, 1.165) is 12.2 Å². The van der Waals surface area contributed by atoms with Crippen molar-refractivity contribution in [2.45, 2.75) is 20.4 Å². The van der Waals surface area contributed by atoms with Crippen molar-refractivity contribution in [3.8, 4) is 11.1 Å². The molecule has 0 radical (unpaired) electrons. The Hall–Kier alpha value is -1.61. The molecule has 0 atom stereocenters. The molecule has 3 heteroatoms. The normalized spacial score (nSPS) is 10.8. The first-order chi connectivity index (χ1) is 8.11. The van der Waals surface area contributed by atoms with Gasteiger partial charge in [0.05, 0.1) is 5.69 Å². The third-order valence-electron chi connectivity index (χ3n) is 2.93. The zero-order chi connectivity index (χ0) is 12.4. The minimum atomic E-state index is 0.795. The highest BCUT2D eigenvalue weighted by molar-refractivity contribution is 5.69. The summed E-state index contributed by atoms with van der Waals surface area (Å²) in [6.07, 6.45) is 2.09. The van der Waals surface area contributed by atoms with Crippen LogP contribution in [0.25, 0.3) is 11.1 Å². The molecule has 1 aromatic carbocycles. The summed E-state index contributed by atoms with van der Waals surface area (Å²) in [7, 11) is 3.91. The van der Waals surface area contributed by atoms with Gasteiger partial charge in [0.1, 0.15) is 0 Å². The Kier molecular flexibility index (Phi) is 3.29. The van der Waals surface area contributed by atoms with E-state index in [1.807, 2.05) is 18.8 Å². The summed E-state index contributed by atoms with van der Waals surface area (Å²) < 4.78 is 1.88. The van der Waals surface area contributed by atoms with Crippen molar-refractivity contribution in [3.05, 3.63) is 41.2 Å². The first-order valence-corrected chi connectivity index (χ1v) is 5.86. The van der Waals surface area contributed by atoms with Crippen LogP contribution in [-0.2, 0) is 13.6 Å². The van der Waals surface area contributed by atoms with E-state index in [4.69, 9.17) is 0 Å². The van der Waals surface area contributed by atoms with Crippen molar-refractivity contribution in [1.29, 1.82) is 0 Å². The molecule has 1 N–H and O–H groups in total. The van der Waals surface area contributed by atoms with Crippen LogP contribution in [0.15, 0.2) is 24.4 Å². The average Bonchev–Trinajstić information content (AvgIpc) is 2.64. The van der Waals surface area contributed by atoms with E-state index in [-0.39, 0.29) is 0 Å². The molecule has 0 bridgehead atoms. The van der Waals surface area contributed by atoms with Gasteiger partial charge < -0.3 is 5.32 Å². The van der Waals surface area contributed by atoms with Gasteiger partial charge in [-0.05, 0) is 32.0 Å². The molecule has 0 amide bonds. The average molecular weight is 229 g/mol. The molecule has 0 saturated carbocycles. The molecule has 0 saturated heterocycles. The van der Waals surface area contributed by atoms with Crippen LogP contribution >= 0.6 is 0 Å². The fourth-order valence-corrected chi connectivity index (χ4v) is 2.08. The Morgan fingerprint density at radius 3 is 2.71 bits per heavy atom. The van der Waals surface area contributed by atoms with Gasteiger partial charge in [0, 0.05) is 25.4 Å². The van der Waals surface area contributed by atoms with Gasteiger partial charge in [-0.3, -0.25) is 4.68 Å². The predicted molar refractivity (Wildman–Crippen MR) is 70.9 cm³/mol. The largest absolute Gasteiger partial charge is 0.314 e. The Balaban J connectivity index is 2.55. The molecule has 2 rings (SSSR count). The van der Waals surface area contributed by atoms with Crippen LogP contribution in [-0.4, -0.2) is 16.8 Å². The van der Waals surface area contributed by atoms with Crippen LogP contribution in [0.4, 0.5) is 0 Å². The van der Waals surface area contributed by atoms with Crippen molar-refractivity contribution in [1.82, 2.24) is 15.1 Å². The number of hydrogen-bond acceptors (Lipinski definition) is 2. The van der Waals surface area contributed by atoms with Crippen molar-refractivity contribution in [3.63, 3.8) is 0 Å². The lowest BCUT2D eigenvalue weighted by atomic mass is 9.99. The number of benzene rings is 1. The third kappa shape index (κ3) is 2.39. The number of nitrogens with one attached hydrogen (secondary N) is 1. The first kappa shape index (κ1) is 11.9. The second-order valence-electron chi connectivity index (χ2n) is 4.51. The van der Waals surface area contributed by atoms with Crippen LogP contribution in [0, 0.1) is 13.8 Å². The van der Waals surface area contributed by atoms with Crippen molar-refractivity contribution in [2.24, 2.45) is 7.05 Å². The van der Waals surface area contributed by atoms with Crippen LogP contribution in [0.1, 0.15) is 16.8 Å². The molecule has 0 aliphatic rings. The van der Waals surface area contributed by atoms with Gasteiger partial charge in [-0.15, -0.1) is 0 Å². The standard InChI is InChI=1S/C14H19N3/c1-10-5-6-11(2)12(7-10)13-9-17(4)16-14(13)8-15-3/h5-7,9,15H,8H2,1-4H3. The summed E-state index contributed by atoms with van der Waals surface area (Å²) in [6, 6.07) is 6.54. The van der Waals surface area contributed by atoms with Gasteiger partial charge in [0.2, 0.25) is 0 Å². The number of aryl methyl sites for hydroxylation is 3. The van der Waals surface area contributed by atoms with E-state index in [2.05, 4.69) is 48.7 Å². The SMILES string of the molecule is CNCc1nn(C)cc1-c1cc(C)ccc1C. The second-order valence-corrected chi connectivity index (χ2v) is 4.51.